The van der Waals surface area contributed by atoms with Crippen LogP contribution in [0.5, 0.6) is 0 Å². The second-order valence-corrected chi connectivity index (χ2v) is 8.63. The highest BCUT2D eigenvalue weighted by molar-refractivity contribution is 5.75. The quantitative estimate of drug-likeness (QED) is 0.0940. The van der Waals surface area contributed by atoms with Crippen molar-refractivity contribution >= 4 is 36.1 Å². The molecule has 0 amide bonds. The largest absolute Gasteiger partial charge is 0.462 e. The van der Waals surface area contributed by atoms with E-state index in [4.69, 9.17) is 28.1 Å². The van der Waals surface area contributed by atoms with Crippen LogP contribution in [0, 0.1) is 10.1 Å². The van der Waals surface area contributed by atoms with Crippen LogP contribution in [0.2, 0.25) is 0 Å². The molecule has 0 aromatic carbocycles. The second-order valence-electron chi connectivity index (χ2n) is 8.63. The zero-order valence-corrected chi connectivity index (χ0v) is 23.2. The summed E-state index contributed by atoms with van der Waals surface area (Å²) in [6, 6.07) is 2.82. The second kappa shape index (κ2) is 15.8. The smallest absolute Gasteiger partial charge is 0.303 e. The van der Waals surface area contributed by atoms with Crippen LogP contribution in [0.4, 0.5) is 0 Å². The minimum atomic E-state index is -1.81. The van der Waals surface area contributed by atoms with Crippen LogP contribution in [-0.2, 0) is 47.7 Å². The van der Waals surface area contributed by atoms with E-state index < -0.39 is 78.3 Å². The average molecular weight is 572 g/mol. The standard InChI is InChI=1S/C24H33N3O13/c1-13(28)35-12-21(36-14(2)29)23(38-16(4)31)24(39-17(5)32)22(37-15(3)30)19(11-27(33)34)20-9-8-18(40-20)10-25-26(6)7/h8-10,19,21-24H,11-12H2,1-7H3/b25-10+/t19-,21+,22+,23+,24+/m1/s1. The zero-order chi connectivity index (χ0) is 30.6. The predicted molar refractivity (Wildman–Crippen MR) is 133 cm³/mol. The van der Waals surface area contributed by atoms with Crippen molar-refractivity contribution in [1.82, 2.24) is 5.01 Å². The number of carbonyl (C=O) groups is 5. The highest BCUT2D eigenvalue weighted by atomic mass is 16.6. The molecule has 0 aliphatic heterocycles. The number of carbonyl (C=O) groups excluding carboxylic acids is 5. The van der Waals surface area contributed by atoms with Crippen molar-refractivity contribution in [2.75, 3.05) is 27.2 Å². The first-order valence-electron chi connectivity index (χ1n) is 11.9. The number of nitrogens with zero attached hydrogens (tertiary/aromatic N) is 3. The number of furan rings is 1. The summed E-state index contributed by atoms with van der Waals surface area (Å²) in [5.74, 6) is -5.83. The van der Waals surface area contributed by atoms with Gasteiger partial charge in [0.25, 0.3) is 0 Å². The van der Waals surface area contributed by atoms with Gasteiger partial charge >= 0.3 is 29.8 Å². The lowest BCUT2D eigenvalue weighted by Gasteiger charge is -2.37. The van der Waals surface area contributed by atoms with Crippen molar-refractivity contribution in [1.29, 1.82) is 0 Å². The van der Waals surface area contributed by atoms with Gasteiger partial charge in [-0.1, -0.05) is 0 Å². The van der Waals surface area contributed by atoms with Crippen LogP contribution >= 0.6 is 0 Å². The molecule has 222 valence electrons. The Morgan fingerprint density at radius 2 is 1.40 bits per heavy atom. The monoisotopic (exact) mass is 571 g/mol. The molecule has 0 unspecified atom stereocenters. The topological polar surface area (TPSA) is 203 Å². The maximum absolute atomic E-state index is 12.2. The van der Waals surface area contributed by atoms with Gasteiger partial charge in [-0.3, -0.25) is 34.1 Å². The van der Waals surface area contributed by atoms with E-state index in [0.717, 1.165) is 34.6 Å². The summed E-state index contributed by atoms with van der Waals surface area (Å²) in [4.78, 5) is 70.9. The van der Waals surface area contributed by atoms with Gasteiger partial charge in [0.05, 0.1) is 6.21 Å². The van der Waals surface area contributed by atoms with Gasteiger partial charge < -0.3 is 33.1 Å². The first-order chi connectivity index (χ1) is 18.6. The lowest BCUT2D eigenvalue weighted by molar-refractivity contribution is -0.486. The molecule has 16 nitrogen and oxygen atoms in total. The number of hydrogen-bond acceptors (Lipinski definition) is 15. The molecule has 0 saturated heterocycles. The zero-order valence-electron chi connectivity index (χ0n) is 23.2. The predicted octanol–water partition coefficient (Wildman–Crippen LogP) is 0.825. The van der Waals surface area contributed by atoms with E-state index in [-0.39, 0.29) is 11.5 Å². The van der Waals surface area contributed by atoms with E-state index in [0.29, 0.717) is 0 Å². The molecule has 5 atom stereocenters. The molecule has 0 spiro atoms. The van der Waals surface area contributed by atoms with Gasteiger partial charge in [0.1, 0.15) is 24.0 Å². The van der Waals surface area contributed by atoms with Gasteiger partial charge in [0.15, 0.2) is 24.4 Å². The molecule has 1 aromatic rings. The van der Waals surface area contributed by atoms with Crippen molar-refractivity contribution < 1.29 is 57.0 Å². The summed E-state index contributed by atoms with van der Waals surface area (Å²) in [6.07, 6.45) is -5.54. The number of esters is 5. The molecule has 0 aliphatic rings. The fraction of sp³-hybridized carbons (Fsp3) is 0.583. The molecule has 1 heterocycles. The SMILES string of the molecule is CC(=O)OC[C@H](OC(C)=O)[C@H](OC(C)=O)[C@@H](OC(C)=O)[C@@H](OC(C)=O)[C@H](C[N+](=O)[O-])c1ccc(/C=N/N(C)C)o1. The Balaban J connectivity index is 3.82. The van der Waals surface area contributed by atoms with Crippen molar-refractivity contribution in [3.63, 3.8) is 0 Å². The Morgan fingerprint density at radius 3 is 1.88 bits per heavy atom. The van der Waals surface area contributed by atoms with Crippen LogP contribution in [0.1, 0.15) is 52.1 Å². The third kappa shape index (κ3) is 11.9. The van der Waals surface area contributed by atoms with Crippen molar-refractivity contribution in [3.05, 3.63) is 33.8 Å². The van der Waals surface area contributed by atoms with Gasteiger partial charge in [-0.15, -0.1) is 0 Å². The summed E-state index contributed by atoms with van der Waals surface area (Å²) >= 11 is 0. The van der Waals surface area contributed by atoms with Crippen LogP contribution in [0.15, 0.2) is 21.7 Å². The highest BCUT2D eigenvalue weighted by Gasteiger charge is 2.49. The number of hydrogen-bond donors (Lipinski definition) is 0. The Kier molecular flexibility index (Phi) is 13.2. The Morgan fingerprint density at radius 1 is 0.875 bits per heavy atom. The van der Waals surface area contributed by atoms with Gasteiger partial charge in [0.2, 0.25) is 6.54 Å². The number of hydrazone groups is 1. The van der Waals surface area contributed by atoms with Crippen LogP contribution in [-0.4, -0.2) is 97.7 Å². The Hall–Kier alpha value is -4.50. The van der Waals surface area contributed by atoms with E-state index in [9.17, 15) is 34.1 Å². The molecule has 0 fully saturated rings. The molecule has 0 radical (unpaired) electrons. The Labute approximate surface area is 229 Å². The third-order valence-electron chi connectivity index (χ3n) is 4.86. The van der Waals surface area contributed by atoms with E-state index in [2.05, 4.69) is 5.10 Å². The van der Waals surface area contributed by atoms with E-state index in [1.165, 1.54) is 23.4 Å². The van der Waals surface area contributed by atoms with Crippen LogP contribution < -0.4 is 0 Å². The number of rotatable bonds is 15. The molecule has 40 heavy (non-hydrogen) atoms. The van der Waals surface area contributed by atoms with Gasteiger partial charge in [-0.05, 0) is 12.1 Å². The number of ether oxygens (including phenoxy) is 5. The molecule has 0 saturated carbocycles. The van der Waals surface area contributed by atoms with Crippen molar-refractivity contribution in [2.45, 2.75) is 65.0 Å². The first-order valence-corrected chi connectivity index (χ1v) is 11.9. The molecule has 1 rings (SSSR count). The fourth-order valence-electron chi connectivity index (χ4n) is 3.56. The molecular weight excluding hydrogens is 538 g/mol. The molecule has 0 bridgehead atoms. The molecule has 0 aliphatic carbocycles. The minimum absolute atomic E-state index is 0.0640. The van der Waals surface area contributed by atoms with Crippen LogP contribution in [0.25, 0.3) is 0 Å². The maximum Gasteiger partial charge on any atom is 0.303 e. The summed E-state index contributed by atoms with van der Waals surface area (Å²) in [5, 5.41) is 17.2. The molecule has 0 N–H and O–H groups in total. The number of nitro groups is 1. The molecular formula is C24H33N3O13. The lowest BCUT2D eigenvalue weighted by Crippen LogP contribution is -2.55. The normalized spacial score (nSPS) is 14.7. The van der Waals surface area contributed by atoms with Gasteiger partial charge in [0, 0.05) is 53.6 Å². The summed E-state index contributed by atoms with van der Waals surface area (Å²) in [7, 11) is 3.31. The van der Waals surface area contributed by atoms with E-state index in [1.54, 1.807) is 14.1 Å². The average Bonchev–Trinajstić information content (AvgIpc) is 3.28. The maximum atomic E-state index is 12.2. The molecule has 1 aromatic heterocycles. The molecule has 16 heteroatoms. The van der Waals surface area contributed by atoms with E-state index in [1.807, 2.05) is 0 Å². The van der Waals surface area contributed by atoms with Crippen molar-refractivity contribution in [2.24, 2.45) is 5.10 Å². The Bertz CT molecular complexity index is 1100. The van der Waals surface area contributed by atoms with Gasteiger partial charge in [-0.2, -0.15) is 5.10 Å². The van der Waals surface area contributed by atoms with Crippen LogP contribution in [0.3, 0.4) is 0 Å². The lowest BCUT2D eigenvalue weighted by atomic mass is 9.90. The first kappa shape index (κ1) is 33.5. The minimum Gasteiger partial charge on any atom is -0.462 e. The fourth-order valence-corrected chi connectivity index (χ4v) is 3.56. The highest BCUT2D eigenvalue weighted by Crippen LogP contribution is 2.32. The summed E-state index contributed by atoms with van der Waals surface area (Å²) in [5.41, 5.74) is 0. The van der Waals surface area contributed by atoms with Gasteiger partial charge in [-0.25, -0.2) is 0 Å². The summed E-state index contributed by atoms with van der Waals surface area (Å²) in [6.45, 7) is 3.50. The third-order valence-corrected chi connectivity index (χ3v) is 4.86. The van der Waals surface area contributed by atoms with E-state index >= 15 is 0 Å². The summed E-state index contributed by atoms with van der Waals surface area (Å²) < 4.78 is 32.0. The van der Waals surface area contributed by atoms with Crippen molar-refractivity contribution in [3.8, 4) is 0 Å².